The van der Waals surface area contributed by atoms with Crippen LogP contribution in [0.2, 0.25) is 0 Å². The summed E-state index contributed by atoms with van der Waals surface area (Å²) in [7, 11) is 0. The van der Waals surface area contributed by atoms with E-state index in [-0.39, 0.29) is 19.1 Å². The highest BCUT2D eigenvalue weighted by Gasteiger charge is 2.07. The molecule has 2 aromatic rings. The first-order chi connectivity index (χ1) is 9.70. The molecule has 1 atom stereocenters. The first-order valence-electron chi connectivity index (χ1n) is 6.81. The van der Waals surface area contributed by atoms with Gasteiger partial charge in [0.2, 0.25) is 5.91 Å². The van der Waals surface area contributed by atoms with Gasteiger partial charge in [-0.3, -0.25) is 4.79 Å². The van der Waals surface area contributed by atoms with Crippen LogP contribution < -0.4 is 5.32 Å². The topological polar surface area (TPSA) is 85.4 Å². The molecule has 0 saturated heterocycles. The number of aliphatic hydroxyl groups excluding tert-OH is 2. The Bertz CT molecular complexity index is 565. The van der Waals surface area contributed by atoms with E-state index >= 15 is 0 Å². The molecule has 0 aliphatic rings. The van der Waals surface area contributed by atoms with Crippen molar-refractivity contribution in [1.82, 2.24) is 10.3 Å². The highest BCUT2D eigenvalue weighted by Crippen LogP contribution is 2.19. The fraction of sp³-hybridized carbons (Fsp3) is 0.400. The van der Waals surface area contributed by atoms with Crippen LogP contribution in [0.1, 0.15) is 18.4 Å². The molecule has 4 N–H and O–H groups in total. The van der Waals surface area contributed by atoms with Crippen LogP contribution in [0.3, 0.4) is 0 Å². The Labute approximate surface area is 117 Å². The largest absolute Gasteiger partial charge is 0.394 e. The fourth-order valence-corrected chi connectivity index (χ4v) is 2.16. The third kappa shape index (κ3) is 3.82. The van der Waals surface area contributed by atoms with Crippen molar-refractivity contribution in [3.05, 3.63) is 36.0 Å². The first-order valence-corrected chi connectivity index (χ1v) is 6.81. The average molecular weight is 276 g/mol. The Morgan fingerprint density at radius 3 is 2.95 bits per heavy atom. The van der Waals surface area contributed by atoms with Gasteiger partial charge in [0.25, 0.3) is 0 Å². The molecule has 0 spiro atoms. The van der Waals surface area contributed by atoms with E-state index in [1.807, 2.05) is 24.4 Å². The van der Waals surface area contributed by atoms with E-state index in [0.717, 1.165) is 18.4 Å². The molecule has 0 aliphatic carbocycles. The number of rotatable bonds is 7. The average Bonchev–Trinajstić information content (AvgIpc) is 2.88. The van der Waals surface area contributed by atoms with Gasteiger partial charge >= 0.3 is 0 Å². The van der Waals surface area contributed by atoms with Crippen molar-refractivity contribution in [3.63, 3.8) is 0 Å². The van der Waals surface area contributed by atoms with Crippen molar-refractivity contribution in [3.8, 4) is 0 Å². The van der Waals surface area contributed by atoms with Crippen LogP contribution in [0.4, 0.5) is 0 Å². The SMILES string of the molecule is O=C(CCCc1c[nH]c2ccccc12)NCC(O)CO. The summed E-state index contributed by atoms with van der Waals surface area (Å²) in [5.74, 6) is -0.0997. The number of aromatic nitrogens is 1. The fourth-order valence-electron chi connectivity index (χ4n) is 2.16. The van der Waals surface area contributed by atoms with Gasteiger partial charge in [0.05, 0.1) is 12.7 Å². The van der Waals surface area contributed by atoms with Gasteiger partial charge in [-0.1, -0.05) is 18.2 Å². The molecule has 0 fully saturated rings. The monoisotopic (exact) mass is 276 g/mol. The molecule has 2 rings (SSSR count). The molecule has 1 aromatic heterocycles. The lowest BCUT2D eigenvalue weighted by atomic mass is 10.1. The number of fused-ring (bicyclic) bond motifs is 1. The Kier molecular flexibility index (Phi) is 5.15. The minimum absolute atomic E-state index is 0.0996. The van der Waals surface area contributed by atoms with Crippen molar-refractivity contribution < 1.29 is 15.0 Å². The molecule has 108 valence electrons. The maximum Gasteiger partial charge on any atom is 0.220 e. The lowest BCUT2D eigenvalue weighted by molar-refractivity contribution is -0.121. The van der Waals surface area contributed by atoms with Crippen molar-refractivity contribution in [2.45, 2.75) is 25.4 Å². The minimum atomic E-state index is -0.882. The van der Waals surface area contributed by atoms with Crippen molar-refractivity contribution >= 4 is 16.8 Å². The third-order valence-corrected chi connectivity index (χ3v) is 3.27. The number of aliphatic hydroxyl groups is 2. The molecule has 5 nitrogen and oxygen atoms in total. The van der Waals surface area contributed by atoms with Crippen LogP contribution in [0, 0.1) is 0 Å². The molecular weight excluding hydrogens is 256 g/mol. The summed E-state index contributed by atoms with van der Waals surface area (Å²) in [6.45, 7) is -0.238. The zero-order valence-corrected chi connectivity index (χ0v) is 11.3. The van der Waals surface area contributed by atoms with Gasteiger partial charge in [-0.2, -0.15) is 0 Å². The number of benzene rings is 1. The second-order valence-electron chi connectivity index (χ2n) is 4.85. The van der Waals surface area contributed by atoms with Gasteiger partial charge in [-0.25, -0.2) is 0 Å². The van der Waals surface area contributed by atoms with Gasteiger partial charge in [0, 0.05) is 30.1 Å². The number of para-hydroxylation sites is 1. The number of amides is 1. The first kappa shape index (κ1) is 14.6. The summed E-state index contributed by atoms with van der Waals surface area (Å²) in [6.07, 6.45) is 3.10. The molecule has 5 heteroatoms. The number of H-pyrrole nitrogens is 1. The molecule has 0 aliphatic heterocycles. The van der Waals surface area contributed by atoms with Gasteiger partial charge < -0.3 is 20.5 Å². The van der Waals surface area contributed by atoms with E-state index in [1.165, 1.54) is 10.9 Å². The standard InChI is InChI=1S/C15H20N2O3/c18-10-12(19)9-17-15(20)7-3-4-11-8-16-14-6-2-1-5-13(11)14/h1-2,5-6,8,12,16,18-19H,3-4,7,9-10H2,(H,17,20). The predicted octanol–water partition coefficient (Wildman–Crippen LogP) is 0.960. The smallest absolute Gasteiger partial charge is 0.220 e. The van der Waals surface area contributed by atoms with E-state index in [4.69, 9.17) is 10.2 Å². The number of hydrogen-bond acceptors (Lipinski definition) is 3. The Morgan fingerprint density at radius 2 is 2.15 bits per heavy atom. The number of hydrogen-bond donors (Lipinski definition) is 4. The van der Waals surface area contributed by atoms with Crippen LogP contribution in [0.15, 0.2) is 30.5 Å². The molecule has 1 unspecified atom stereocenters. The third-order valence-electron chi connectivity index (χ3n) is 3.27. The predicted molar refractivity (Wildman–Crippen MR) is 77.3 cm³/mol. The second-order valence-corrected chi connectivity index (χ2v) is 4.85. The van der Waals surface area contributed by atoms with E-state index < -0.39 is 6.10 Å². The summed E-state index contributed by atoms with van der Waals surface area (Å²) < 4.78 is 0. The Balaban J connectivity index is 1.77. The summed E-state index contributed by atoms with van der Waals surface area (Å²) in [5.41, 5.74) is 2.32. The second kappa shape index (κ2) is 7.07. The van der Waals surface area contributed by atoms with Gasteiger partial charge in [0.1, 0.15) is 0 Å². The molecule has 1 amide bonds. The van der Waals surface area contributed by atoms with Crippen LogP contribution >= 0.6 is 0 Å². The summed E-state index contributed by atoms with van der Waals surface area (Å²) >= 11 is 0. The maximum absolute atomic E-state index is 11.5. The Morgan fingerprint density at radius 1 is 1.35 bits per heavy atom. The zero-order chi connectivity index (χ0) is 14.4. The molecular formula is C15H20N2O3. The highest BCUT2D eigenvalue weighted by molar-refractivity contribution is 5.83. The molecule has 1 aromatic carbocycles. The summed E-state index contributed by atoms with van der Waals surface area (Å²) in [6, 6.07) is 8.09. The van der Waals surface area contributed by atoms with E-state index in [9.17, 15) is 4.79 Å². The molecule has 0 radical (unpaired) electrons. The van der Waals surface area contributed by atoms with Crippen LogP contribution in [0.25, 0.3) is 10.9 Å². The van der Waals surface area contributed by atoms with Crippen LogP contribution in [0.5, 0.6) is 0 Å². The van der Waals surface area contributed by atoms with Gasteiger partial charge in [-0.15, -0.1) is 0 Å². The van der Waals surface area contributed by atoms with Crippen molar-refractivity contribution in [2.75, 3.05) is 13.2 Å². The van der Waals surface area contributed by atoms with Crippen LogP contribution in [-0.4, -0.2) is 40.4 Å². The number of nitrogens with one attached hydrogen (secondary N) is 2. The van der Waals surface area contributed by atoms with Crippen LogP contribution in [-0.2, 0) is 11.2 Å². The quantitative estimate of drug-likeness (QED) is 0.607. The van der Waals surface area contributed by atoms with E-state index in [2.05, 4.69) is 16.4 Å². The zero-order valence-electron chi connectivity index (χ0n) is 11.3. The normalized spacial score (nSPS) is 12.5. The van der Waals surface area contributed by atoms with E-state index in [0.29, 0.717) is 6.42 Å². The van der Waals surface area contributed by atoms with Crippen molar-refractivity contribution in [2.24, 2.45) is 0 Å². The molecule has 1 heterocycles. The lowest BCUT2D eigenvalue weighted by Crippen LogP contribution is -2.33. The van der Waals surface area contributed by atoms with Gasteiger partial charge in [-0.05, 0) is 24.5 Å². The van der Waals surface area contributed by atoms with Gasteiger partial charge in [0.15, 0.2) is 0 Å². The number of aromatic amines is 1. The summed E-state index contributed by atoms with van der Waals surface area (Å²) in [4.78, 5) is 14.8. The Hall–Kier alpha value is -1.85. The van der Waals surface area contributed by atoms with Crippen molar-refractivity contribution in [1.29, 1.82) is 0 Å². The minimum Gasteiger partial charge on any atom is -0.394 e. The molecule has 0 saturated carbocycles. The van der Waals surface area contributed by atoms with E-state index in [1.54, 1.807) is 0 Å². The molecule has 0 bridgehead atoms. The highest BCUT2D eigenvalue weighted by atomic mass is 16.3. The number of carbonyl (C=O) groups excluding carboxylic acids is 1. The lowest BCUT2D eigenvalue weighted by Gasteiger charge is -2.08. The number of aryl methyl sites for hydroxylation is 1. The number of carbonyl (C=O) groups is 1. The molecule has 20 heavy (non-hydrogen) atoms. The maximum atomic E-state index is 11.5. The summed E-state index contributed by atoms with van der Waals surface area (Å²) in [5, 5.41) is 21.6.